The minimum atomic E-state index is -1.46. The van der Waals surface area contributed by atoms with Gasteiger partial charge in [-0.05, 0) is 47.2 Å². The standard InChI is InChI=1S/C33H37N3O4/c1-2-3-4-5-6-10-13-30-34-31(40-35-30)29-20-16-26(17-21-29)24-36(32(37)33(38)39)23-22-25-14-18-28(19-15-25)27-11-8-7-9-12-27/h7-9,11-12,14-21H,2-6,10,13,22-24H2,1H3,(H,38,39). The number of aryl methyl sites for hydroxylation is 1. The van der Waals surface area contributed by atoms with Crippen molar-refractivity contribution in [1.29, 1.82) is 0 Å². The maximum atomic E-state index is 12.5. The molecule has 0 radical (unpaired) electrons. The zero-order valence-corrected chi connectivity index (χ0v) is 23.1. The van der Waals surface area contributed by atoms with Crippen LogP contribution >= 0.6 is 0 Å². The summed E-state index contributed by atoms with van der Waals surface area (Å²) >= 11 is 0. The van der Waals surface area contributed by atoms with Crippen molar-refractivity contribution in [2.75, 3.05) is 6.54 Å². The molecule has 1 N–H and O–H groups in total. The van der Waals surface area contributed by atoms with Crippen molar-refractivity contribution >= 4 is 11.9 Å². The monoisotopic (exact) mass is 539 g/mol. The third-order valence-corrected chi connectivity index (χ3v) is 7.00. The molecule has 7 heteroatoms. The van der Waals surface area contributed by atoms with Crippen LogP contribution in [0.1, 0.15) is 62.4 Å². The van der Waals surface area contributed by atoms with Crippen molar-refractivity contribution in [3.63, 3.8) is 0 Å². The highest BCUT2D eigenvalue weighted by Gasteiger charge is 2.21. The molecule has 3 aromatic carbocycles. The van der Waals surface area contributed by atoms with Crippen LogP contribution in [-0.2, 0) is 29.0 Å². The molecule has 0 aliphatic carbocycles. The van der Waals surface area contributed by atoms with E-state index in [2.05, 4.69) is 29.2 Å². The molecule has 7 nitrogen and oxygen atoms in total. The van der Waals surface area contributed by atoms with Gasteiger partial charge in [-0.15, -0.1) is 0 Å². The van der Waals surface area contributed by atoms with E-state index in [1.165, 1.54) is 37.0 Å². The van der Waals surface area contributed by atoms with Crippen molar-refractivity contribution < 1.29 is 19.2 Å². The first-order valence-electron chi connectivity index (χ1n) is 14.1. The van der Waals surface area contributed by atoms with E-state index in [9.17, 15) is 14.7 Å². The second-order valence-corrected chi connectivity index (χ2v) is 10.1. The van der Waals surface area contributed by atoms with Crippen LogP contribution < -0.4 is 0 Å². The minimum absolute atomic E-state index is 0.195. The van der Waals surface area contributed by atoms with Gasteiger partial charge in [0.2, 0.25) is 0 Å². The summed E-state index contributed by atoms with van der Waals surface area (Å²) < 4.78 is 5.46. The number of carbonyl (C=O) groups is 2. The maximum absolute atomic E-state index is 12.5. The van der Waals surface area contributed by atoms with Gasteiger partial charge in [0, 0.05) is 25.1 Å². The molecule has 0 atom stereocenters. The number of carboxylic acids is 1. The summed E-state index contributed by atoms with van der Waals surface area (Å²) in [6, 6.07) is 25.7. The lowest BCUT2D eigenvalue weighted by molar-refractivity contribution is -0.156. The Morgan fingerprint density at radius 2 is 1.38 bits per heavy atom. The van der Waals surface area contributed by atoms with Crippen molar-refractivity contribution in [3.8, 4) is 22.6 Å². The predicted molar refractivity (Wildman–Crippen MR) is 155 cm³/mol. The van der Waals surface area contributed by atoms with Crippen LogP contribution in [0.2, 0.25) is 0 Å². The van der Waals surface area contributed by atoms with Gasteiger partial charge in [-0.3, -0.25) is 4.79 Å². The predicted octanol–water partition coefficient (Wildman–Crippen LogP) is 6.96. The summed E-state index contributed by atoms with van der Waals surface area (Å²) in [4.78, 5) is 29.9. The molecule has 1 heterocycles. The van der Waals surface area contributed by atoms with E-state index >= 15 is 0 Å². The lowest BCUT2D eigenvalue weighted by Gasteiger charge is -2.21. The molecule has 208 valence electrons. The van der Waals surface area contributed by atoms with Crippen LogP contribution in [-0.4, -0.2) is 38.6 Å². The van der Waals surface area contributed by atoms with E-state index in [-0.39, 0.29) is 6.54 Å². The third-order valence-electron chi connectivity index (χ3n) is 7.00. The Hall–Kier alpha value is -4.26. The van der Waals surface area contributed by atoms with Crippen molar-refractivity contribution in [2.24, 2.45) is 0 Å². The van der Waals surface area contributed by atoms with Crippen LogP contribution in [0, 0.1) is 0 Å². The van der Waals surface area contributed by atoms with Crippen molar-refractivity contribution in [2.45, 2.75) is 64.8 Å². The summed E-state index contributed by atoms with van der Waals surface area (Å²) in [5.74, 6) is -1.20. The molecular weight excluding hydrogens is 502 g/mol. The molecule has 4 rings (SSSR count). The first-order valence-corrected chi connectivity index (χ1v) is 14.1. The van der Waals surface area contributed by atoms with Crippen LogP contribution in [0.4, 0.5) is 0 Å². The fourth-order valence-corrected chi connectivity index (χ4v) is 4.66. The van der Waals surface area contributed by atoms with Gasteiger partial charge in [0.25, 0.3) is 5.89 Å². The Morgan fingerprint density at radius 3 is 2.08 bits per heavy atom. The molecule has 40 heavy (non-hydrogen) atoms. The molecule has 4 aromatic rings. The summed E-state index contributed by atoms with van der Waals surface area (Å²) in [5.41, 5.74) is 4.89. The Morgan fingerprint density at radius 1 is 0.750 bits per heavy atom. The molecule has 0 aliphatic heterocycles. The van der Waals surface area contributed by atoms with Gasteiger partial charge < -0.3 is 14.5 Å². The van der Waals surface area contributed by atoms with E-state index in [0.29, 0.717) is 24.7 Å². The number of carbonyl (C=O) groups excluding carboxylic acids is 1. The highest BCUT2D eigenvalue weighted by Crippen LogP contribution is 2.21. The molecule has 1 amide bonds. The Bertz CT molecular complexity index is 1350. The second kappa shape index (κ2) is 14.8. The Kier molecular flexibility index (Phi) is 10.6. The number of hydrogen-bond donors (Lipinski definition) is 1. The van der Waals surface area contributed by atoms with E-state index in [4.69, 9.17) is 4.52 Å². The van der Waals surface area contributed by atoms with Gasteiger partial charge in [-0.25, -0.2) is 4.79 Å². The number of nitrogens with zero attached hydrogens (tertiary/aromatic N) is 3. The average molecular weight is 540 g/mol. The number of benzene rings is 3. The molecular formula is C33H37N3O4. The number of carboxylic acid groups (broad SMARTS) is 1. The van der Waals surface area contributed by atoms with Gasteiger partial charge in [-0.1, -0.05) is 111 Å². The zero-order chi connectivity index (χ0) is 28.2. The van der Waals surface area contributed by atoms with E-state index in [1.54, 1.807) is 0 Å². The van der Waals surface area contributed by atoms with Crippen LogP contribution in [0.5, 0.6) is 0 Å². The lowest BCUT2D eigenvalue weighted by Crippen LogP contribution is -2.37. The number of aromatic nitrogens is 2. The van der Waals surface area contributed by atoms with Gasteiger partial charge >= 0.3 is 11.9 Å². The molecule has 0 unspecified atom stereocenters. The highest BCUT2D eigenvalue weighted by atomic mass is 16.5. The molecule has 1 aromatic heterocycles. The molecule has 0 bridgehead atoms. The number of unbranched alkanes of at least 4 members (excludes halogenated alkanes) is 5. The number of amides is 1. The number of aliphatic carboxylic acids is 1. The topological polar surface area (TPSA) is 96.5 Å². The minimum Gasteiger partial charge on any atom is -0.474 e. The van der Waals surface area contributed by atoms with Crippen LogP contribution in [0.25, 0.3) is 22.6 Å². The molecule has 0 fully saturated rings. The molecule has 0 spiro atoms. The van der Waals surface area contributed by atoms with Gasteiger partial charge in [0.1, 0.15) is 0 Å². The van der Waals surface area contributed by atoms with Gasteiger partial charge in [-0.2, -0.15) is 4.98 Å². The van der Waals surface area contributed by atoms with Crippen LogP contribution in [0.15, 0.2) is 83.4 Å². The molecule has 0 saturated carbocycles. The van der Waals surface area contributed by atoms with E-state index < -0.39 is 11.9 Å². The SMILES string of the molecule is CCCCCCCCc1noc(-c2ccc(CN(CCc3ccc(-c4ccccc4)cc3)C(=O)C(=O)O)cc2)n1. The average Bonchev–Trinajstić information content (AvgIpc) is 3.46. The summed E-state index contributed by atoms with van der Waals surface area (Å²) in [7, 11) is 0. The molecule has 0 saturated heterocycles. The van der Waals surface area contributed by atoms with E-state index in [1.807, 2.05) is 66.7 Å². The third kappa shape index (κ3) is 8.37. The van der Waals surface area contributed by atoms with Crippen molar-refractivity contribution in [3.05, 3.63) is 95.8 Å². The summed E-state index contributed by atoms with van der Waals surface area (Å²) in [6.45, 7) is 2.70. The fraction of sp³-hybridized carbons (Fsp3) is 0.333. The zero-order valence-electron chi connectivity index (χ0n) is 23.1. The number of rotatable bonds is 14. The fourth-order valence-electron chi connectivity index (χ4n) is 4.66. The first-order chi connectivity index (χ1) is 19.5. The number of hydrogen-bond acceptors (Lipinski definition) is 5. The maximum Gasteiger partial charge on any atom is 0.394 e. The van der Waals surface area contributed by atoms with Gasteiger partial charge in [0.05, 0.1) is 0 Å². The Balaban J connectivity index is 1.33. The lowest BCUT2D eigenvalue weighted by atomic mass is 10.0. The van der Waals surface area contributed by atoms with Crippen LogP contribution in [0.3, 0.4) is 0 Å². The second-order valence-electron chi connectivity index (χ2n) is 10.1. The largest absolute Gasteiger partial charge is 0.474 e. The summed E-state index contributed by atoms with van der Waals surface area (Å²) in [6.07, 6.45) is 8.61. The highest BCUT2D eigenvalue weighted by molar-refractivity contribution is 6.31. The smallest absolute Gasteiger partial charge is 0.394 e. The van der Waals surface area contributed by atoms with Crippen molar-refractivity contribution in [1.82, 2.24) is 15.0 Å². The first kappa shape index (κ1) is 28.7. The quantitative estimate of drug-likeness (QED) is 0.137. The summed E-state index contributed by atoms with van der Waals surface area (Å²) in [5, 5.41) is 13.5. The normalized spacial score (nSPS) is 10.9. The molecule has 0 aliphatic rings. The Labute approximate surface area is 235 Å². The van der Waals surface area contributed by atoms with Gasteiger partial charge in [0.15, 0.2) is 5.82 Å². The van der Waals surface area contributed by atoms with E-state index in [0.717, 1.165) is 40.7 Å².